The predicted octanol–water partition coefficient (Wildman–Crippen LogP) is 1.98. The van der Waals surface area contributed by atoms with Crippen molar-refractivity contribution in [3.05, 3.63) is 60.5 Å². The molecule has 3 aromatic heterocycles. The van der Waals surface area contributed by atoms with E-state index in [1.54, 1.807) is 24.8 Å². The van der Waals surface area contributed by atoms with Gasteiger partial charge in [0.15, 0.2) is 0 Å². The molecule has 1 amide bonds. The maximum Gasteiger partial charge on any atom is 0.246 e. The highest BCUT2D eigenvalue weighted by molar-refractivity contribution is 5.83. The summed E-state index contributed by atoms with van der Waals surface area (Å²) in [6.45, 7) is 1.98. The van der Waals surface area contributed by atoms with E-state index in [1.807, 2.05) is 24.3 Å². The number of aromatic nitrogens is 4. The summed E-state index contributed by atoms with van der Waals surface area (Å²) in [5, 5.41) is 6.87. The normalized spacial score (nSPS) is 15.6. The summed E-state index contributed by atoms with van der Waals surface area (Å²) in [6.07, 6.45) is 9.00. The minimum Gasteiger partial charge on any atom is -0.345 e. The van der Waals surface area contributed by atoms with Crippen molar-refractivity contribution in [1.29, 1.82) is 0 Å². The van der Waals surface area contributed by atoms with Gasteiger partial charge < -0.3 is 9.84 Å². The Hall–Kier alpha value is -3.13. The molecule has 1 atom stereocenters. The van der Waals surface area contributed by atoms with Gasteiger partial charge in [0.05, 0.1) is 6.54 Å². The summed E-state index contributed by atoms with van der Waals surface area (Å²) in [5.74, 6) is 0.718. The molecule has 138 valence electrons. The zero-order valence-corrected chi connectivity index (χ0v) is 14.8. The van der Waals surface area contributed by atoms with Gasteiger partial charge in [-0.3, -0.25) is 19.7 Å². The summed E-state index contributed by atoms with van der Waals surface area (Å²) >= 11 is 0. The molecule has 4 rings (SSSR count). The quantitative estimate of drug-likeness (QED) is 0.714. The molecule has 0 aliphatic carbocycles. The Labute approximate surface area is 156 Å². The van der Waals surface area contributed by atoms with Crippen molar-refractivity contribution in [3.8, 4) is 11.4 Å². The summed E-state index contributed by atoms with van der Waals surface area (Å²) < 4.78 is 5.25. The van der Waals surface area contributed by atoms with E-state index < -0.39 is 0 Å². The van der Waals surface area contributed by atoms with Crippen LogP contribution >= 0.6 is 0 Å². The van der Waals surface area contributed by atoms with Gasteiger partial charge in [-0.25, -0.2) is 0 Å². The Morgan fingerprint density at radius 1 is 1.15 bits per heavy atom. The number of likely N-dealkylation sites (tertiary alicyclic amines) is 1. The molecule has 1 N–H and O–H groups in total. The predicted molar refractivity (Wildman–Crippen MR) is 97.2 cm³/mol. The molecule has 0 unspecified atom stereocenters. The lowest BCUT2D eigenvalue weighted by Gasteiger charge is -2.26. The Morgan fingerprint density at radius 3 is 2.63 bits per heavy atom. The third-order valence-corrected chi connectivity index (χ3v) is 4.56. The lowest BCUT2D eigenvalue weighted by atomic mass is 10.1. The van der Waals surface area contributed by atoms with Crippen LogP contribution in [0, 0.1) is 0 Å². The van der Waals surface area contributed by atoms with Crippen molar-refractivity contribution in [2.75, 3.05) is 13.1 Å². The van der Waals surface area contributed by atoms with E-state index in [-0.39, 0.29) is 18.5 Å². The highest BCUT2D eigenvalue weighted by atomic mass is 16.5. The first kappa shape index (κ1) is 17.3. The SMILES string of the molecule is O=C(NCc1nc(-c2cccnc2)no1)[C@@H](c1cccnc1)N1CCCC1. The number of hydrogen-bond donors (Lipinski definition) is 1. The third-order valence-electron chi connectivity index (χ3n) is 4.56. The van der Waals surface area contributed by atoms with Gasteiger partial charge in [-0.05, 0) is 49.7 Å². The molecule has 4 heterocycles. The maximum absolute atomic E-state index is 12.9. The summed E-state index contributed by atoms with van der Waals surface area (Å²) in [5.41, 5.74) is 1.66. The monoisotopic (exact) mass is 364 g/mol. The fraction of sp³-hybridized carbons (Fsp3) is 0.316. The van der Waals surface area contributed by atoms with Crippen molar-refractivity contribution >= 4 is 5.91 Å². The molecule has 1 fully saturated rings. The van der Waals surface area contributed by atoms with Gasteiger partial charge in [0.2, 0.25) is 17.6 Å². The molecule has 8 heteroatoms. The van der Waals surface area contributed by atoms with Crippen molar-refractivity contribution in [2.45, 2.75) is 25.4 Å². The first-order valence-corrected chi connectivity index (χ1v) is 8.96. The third kappa shape index (κ3) is 4.01. The van der Waals surface area contributed by atoms with E-state index in [9.17, 15) is 4.79 Å². The van der Waals surface area contributed by atoms with Crippen molar-refractivity contribution < 1.29 is 9.32 Å². The van der Waals surface area contributed by atoms with Crippen LogP contribution < -0.4 is 5.32 Å². The minimum atomic E-state index is -0.359. The van der Waals surface area contributed by atoms with E-state index >= 15 is 0 Å². The summed E-state index contributed by atoms with van der Waals surface area (Å²) in [4.78, 5) is 27.6. The van der Waals surface area contributed by atoms with E-state index in [0.29, 0.717) is 11.7 Å². The molecular weight excluding hydrogens is 344 g/mol. The van der Waals surface area contributed by atoms with Crippen LogP contribution in [-0.4, -0.2) is 44.0 Å². The molecule has 3 aromatic rings. The molecule has 0 radical (unpaired) electrons. The van der Waals surface area contributed by atoms with Gasteiger partial charge in [0.1, 0.15) is 6.04 Å². The zero-order chi connectivity index (χ0) is 18.5. The van der Waals surface area contributed by atoms with Crippen LogP contribution in [0.5, 0.6) is 0 Å². The average Bonchev–Trinajstić information content (AvgIpc) is 3.41. The average molecular weight is 364 g/mol. The highest BCUT2D eigenvalue weighted by Crippen LogP contribution is 2.25. The van der Waals surface area contributed by atoms with Crippen LogP contribution in [-0.2, 0) is 11.3 Å². The first-order chi connectivity index (χ1) is 13.3. The van der Waals surface area contributed by atoms with Crippen LogP contribution in [0.2, 0.25) is 0 Å². The van der Waals surface area contributed by atoms with Gasteiger partial charge in [-0.2, -0.15) is 4.98 Å². The van der Waals surface area contributed by atoms with Crippen LogP contribution in [0.1, 0.15) is 30.3 Å². The Kier molecular flexibility index (Phi) is 5.15. The van der Waals surface area contributed by atoms with Gasteiger partial charge in [-0.15, -0.1) is 0 Å². The number of carbonyl (C=O) groups is 1. The van der Waals surface area contributed by atoms with E-state index in [1.165, 1.54) is 0 Å². The first-order valence-electron chi connectivity index (χ1n) is 8.96. The molecule has 1 aliphatic heterocycles. The largest absolute Gasteiger partial charge is 0.345 e. The lowest BCUT2D eigenvalue weighted by molar-refractivity contribution is -0.126. The summed E-state index contributed by atoms with van der Waals surface area (Å²) in [7, 11) is 0. The maximum atomic E-state index is 12.9. The van der Waals surface area contributed by atoms with Crippen molar-refractivity contribution in [2.24, 2.45) is 0 Å². The number of pyridine rings is 2. The van der Waals surface area contributed by atoms with Crippen LogP contribution in [0.15, 0.2) is 53.6 Å². The molecule has 0 bridgehead atoms. The number of nitrogens with zero attached hydrogens (tertiary/aromatic N) is 5. The molecule has 0 saturated carbocycles. The number of nitrogens with one attached hydrogen (secondary N) is 1. The van der Waals surface area contributed by atoms with Crippen LogP contribution in [0.25, 0.3) is 11.4 Å². The van der Waals surface area contributed by atoms with E-state index in [2.05, 4.69) is 30.3 Å². The van der Waals surface area contributed by atoms with Gasteiger partial charge in [0.25, 0.3) is 0 Å². The van der Waals surface area contributed by atoms with Crippen molar-refractivity contribution in [3.63, 3.8) is 0 Å². The second-order valence-corrected chi connectivity index (χ2v) is 6.40. The molecule has 0 spiro atoms. The van der Waals surface area contributed by atoms with E-state index in [4.69, 9.17) is 4.52 Å². The molecular formula is C19H20N6O2. The zero-order valence-electron chi connectivity index (χ0n) is 14.8. The van der Waals surface area contributed by atoms with Crippen LogP contribution in [0.3, 0.4) is 0 Å². The molecule has 27 heavy (non-hydrogen) atoms. The molecule has 0 aromatic carbocycles. The molecule has 8 nitrogen and oxygen atoms in total. The van der Waals surface area contributed by atoms with Gasteiger partial charge in [-0.1, -0.05) is 11.2 Å². The second-order valence-electron chi connectivity index (χ2n) is 6.40. The standard InChI is InChI=1S/C19H20N6O2/c26-19(17(25-9-1-2-10-25)14-5-3-7-20-11-14)22-13-16-23-18(24-27-16)15-6-4-8-21-12-15/h3-8,11-12,17H,1-2,9-10,13H2,(H,22,26)/t17-/m1/s1. The Morgan fingerprint density at radius 2 is 1.93 bits per heavy atom. The number of amides is 1. The summed E-state index contributed by atoms with van der Waals surface area (Å²) in [6, 6.07) is 7.09. The topological polar surface area (TPSA) is 97.0 Å². The lowest BCUT2D eigenvalue weighted by Crippen LogP contribution is -2.39. The minimum absolute atomic E-state index is 0.0916. The van der Waals surface area contributed by atoms with E-state index in [0.717, 1.165) is 37.1 Å². The molecule has 1 aliphatic rings. The number of hydrogen-bond acceptors (Lipinski definition) is 7. The number of carbonyl (C=O) groups excluding carboxylic acids is 1. The van der Waals surface area contributed by atoms with Gasteiger partial charge in [0, 0.05) is 30.4 Å². The van der Waals surface area contributed by atoms with Crippen molar-refractivity contribution in [1.82, 2.24) is 30.3 Å². The second kappa shape index (κ2) is 8.05. The highest BCUT2D eigenvalue weighted by Gasteiger charge is 2.30. The Balaban J connectivity index is 1.45. The Bertz CT molecular complexity index is 877. The fourth-order valence-electron chi connectivity index (χ4n) is 3.26. The van der Waals surface area contributed by atoms with Gasteiger partial charge >= 0.3 is 0 Å². The van der Waals surface area contributed by atoms with Crippen LogP contribution in [0.4, 0.5) is 0 Å². The smallest absolute Gasteiger partial charge is 0.246 e. The fourth-order valence-corrected chi connectivity index (χ4v) is 3.26. The molecule has 1 saturated heterocycles. The number of rotatable bonds is 6.